The second-order valence-electron chi connectivity index (χ2n) is 2.68. The average molecular weight is 223 g/mol. The Labute approximate surface area is 84.1 Å². The van der Waals surface area contributed by atoms with Crippen molar-refractivity contribution >= 4 is 23.2 Å². The van der Waals surface area contributed by atoms with Crippen molar-refractivity contribution < 1.29 is 14.2 Å². The maximum absolute atomic E-state index is 12.8. The van der Waals surface area contributed by atoms with Gasteiger partial charge in [0.2, 0.25) is 0 Å². The molecule has 1 fully saturated rings. The van der Waals surface area contributed by atoms with Gasteiger partial charge in [0.1, 0.15) is 5.82 Å². The minimum absolute atomic E-state index is 0.0795. The van der Waals surface area contributed by atoms with Crippen LogP contribution in [0.15, 0.2) is 18.2 Å². The van der Waals surface area contributed by atoms with E-state index in [2.05, 4.69) is 9.78 Å². The van der Waals surface area contributed by atoms with Crippen LogP contribution in [0.3, 0.4) is 0 Å². The smallest absolute Gasteiger partial charge is 0.207 e. The number of hydrogen-bond acceptors (Lipinski definition) is 2. The number of benzene rings is 1. The van der Waals surface area contributed by atoms with Crippen molar-refractivity contribution in [2.75, 3.05) is 5.88 Å². The summed E-state index contributed by atoms with van der Waals surface area (Å²) in [5, 5.41) is 0.375. The Kier molecular flexibility index (Phi) is 2.20. The minimum Gasteiger partial charge on any atom is -0.207 e. The van der Waals surface area contributed by atoms with Crippen LogP contribution >= 0.6 is 23.2 Å². The van der Waals surface area contributed by atoms with Crippen LogP contribution in [0.5, 0.6) is 0 Å². The summed E-state index contributed by atoms with van der Waals surface area (Å²) in [7, 11) is 0. The monoisotopic (exact) mass is 222 g/mol. The molecule has 1 aromatic rings. The standard InChI is InChI=1S/C8H5Cl2FO2/c9-4-8(12-13-8)6-3-5(11)1-2-7(6)10/h1-3H,4H2. The molecule has 2 nitrogen and oxygen atoms in total. The average Bonchev–Trinajstić information content (AvgIpc) is 2.90. The van der Waals surface area contributed by atoms with E-state index in [1.165, 1.54) is 18.2 Å². The van der Waals surface area contributed by atoms with E-state index in [4.69, 9.17) is 23.2 Å². The van der Waals surface area contributed by atoms with Gasteiger partial charge in [-0.1, -0.05) is 11.6 Å². The fourth-order valence-corrected chi connectivity index (χ4v) is 1.54. The molecule has 0 atom stereocenters. The summed E-state index contributed by atoms with van der Waals surface area (Å²) in [6, 6.07) is 3.94. The topological polar surface area (TPSA) is 25.1 Å². The van der Waals surface area contributed by atoms with Crippen LogP contribution in [0.4, 0.5) is 4.39 Å². The van der Waals surface area contributed by atoms with E-state index in [-0.39, 0.29) is 5.88 Å². The summed E-state index contributed by atoms with van der Waals surface area (Å²) in [6.07, 6.45) is 0. The molecule has 1 heterocycles. The van der Waals surface area contributed by atoms with Gasteiger partial charge in [-0.05, 0) is 18.2 Å². The molecule has 2 rings (SSSR count). The van der Waals surface area contributed by atoms with Crippen LogP contribution in [0.25, 0.3) is 0 Å². The van der Waals surface area contributed by atoms with Gasteiger partial charge in [0.15, 0.2) is 0 Å². The van der Waals surface area contributed by atoms with Gasteiger partial charge in [0.25, 0.3) is 5.79 Å². The van der Waals surface area contributed by atoms with Crippen molar-refractivity contribution in [3.63, 3.8) is 0 Å². The molecule has 0 aliphatic carbocycles. The fourth-order valence-electron chi connectivity index (χ4n) is 1.05. The molecule has 13 heavy (non-hydrogen) atoms. The van der Waals surface area contributed by atoms with E-state index in [0.29, 0.717) is 10.6 Å². The number of alkyl halides is 1. The molecule has 0 N–H and O–H groups in total. The Morgan fingerprint density at radius 1 is 1.38 bits per heavy atom. The zero-order chi connectivity index (χ0) is 9.47. The van der Waals surface area contributed by atoms with Gasteiger partial charge < -0.3 is 0 Å². The number of halogens is 3. The highest BCUT2D eigenvalue weighted by Crippen LogP contribution is 2.44. The Balaban J connectivity index is 2.44. The van der Waals surface area contributed by atoms with Crippen LogP contribution < -0.4 is 0 Å². The third kappa shape index (κ3) is 1.53. The van der Waals surface area contributed by atoms with Crippen molar-refractivity contribution in [3.8, 4) is 0 Å². The molecule has 1 aliphatic rings. The first-order valence-electron chi connectivity index (χ1n) is 3.56. The summed E-state index contributed by atoms with van der Waals surface area (Å²) >= 11 is 11.4. The van der Waals surface area contributed by atoms with Crippen LogP contribution in [-0.4, -0.2) is 5.88 Å². The first-order chi connectivity index (χ1) is 6.18. The summed E-state index contributed by atoms with van der Waals surface area (Å²) in [5.41, 5.74) is 0.421. The predicted molar refractivity (Wildman–Crippen MR) is 46.0 cm³/mol. The molecule has 1 saturated heterocycles. The van der Waals surface area contributed by atoms with Gasteiger partial charge in [0.05, 0.1) is 5.88 Å². The van der Waals surface area contributed by atoms with Gasteiger partial charge in [-0.2, -0.15) is 9.78 Å². The predicted octanol–water partition coefficient (Wildman–Crippen LogP) is 2.83. The van der Waals surface area contributed by atoms with Crippen LogP contribution in [0.2, 0.25) is 5.02 Å². The van der Waals surface area contributed by atoms with Crippen molar-refractivity contribution in [1.29, 1.82) is 0 Å². The van der Waals surface area contributed by atoms with E-state index in [9.17, 15) is 4.39 Å². The first kappa shape index (κ1) is 9.21. The molecule has 0 unspecified atom stereocenters. The van der Waals surface area contributed by atoms with Crippen LogP contribution in [0.1, 0.15) is 5.56 Å². The maximum atomic E-state index is 12.8. The molecule has 1 aromatic carbocycles. The quantitative estimate of drug-likeness (QED) is 0.437. The lowest BCUT2D eigenvalue weighted by Crippen LogP contribution is -2.10. The molecule has 0 saturated carbocycles. The van der Waals surface area contributed by atoms with E-state index in [1.54, 1.807) is 0 Å². The zero-order valence-corrected chi connectivity index (χ0v) is 7.90. The molecule has 0 amide bonds. The highest BCUT2D eigenvalue weighted by atomic mass is 35.5. The maximum Gasteiger partial charge on any atom is 0.274 e. The molecule has 5 heteroatoms. The van der Waals surface area contributed by atoms with E-state index in [0.717, 1.165) is 0 Å². The summed E-state index contributed by atoms with van der Waals surface area (Å²) < 4.78 is 12.8. The van der Waals surface area contributed by atoms with Gasteiger partial charge in [-0.3, -0.25) is 0 Å². The van der Waals surface area contributed by atoms with Gasteiger partial charge in [-0.15, -0.1) is 11.6 Å². The van der Waals surface area contributed by atoms with Gasteiger partial charge in [0, 0.05) is 10.6 Å². The number of hydrogen-bond donors (Lipinski definition) is 0. The lowest BCUT2D eigenvalue weighted by Gasteiger charge is -2.05. The van der Waals surface area contributed by atoms with Crippen molar-refractivity contribution in [2.24, 2.45) is 0 Å². The minimum atomic E-state index is -1.04. The normalized spacial score (nSPS) is 18.7. The van der Waals surface area contributed by atoms with Crippen LogP contribution in [-0.2, 0) is 15.6 Å². The van der Waals surface area contributed by atoms with Gasteiger partial charge in [-0.25, -0.2) is 4.39 Å². The lowest BCUT2D eigenvalue weighted by atomic mass is 10.1. The van der Waals surface area contributed by atoms with E-state index < -0.39 is 11.6 Å². The largest absolute Gasteiger partial charge is 0.274 e. The molecule has 0 spiro atoms. The third-order valence-corrected chi connectivity index (χ3v) is 2.48. The highest BCUT2D eigenvalue weighted by molar-refractivity contribution is 6.31. The van der Waals surface area contributed by atoms with Crippen molar-refractivity contribution in [3.05, 3.63) is 34.6 Å². The van der Waals surface area contributed by atoms with Crippen molar-refractivity contribution in [1.82, 2.24) is 0 Å². The Morgan fingerprint density at radius 2 is 2.08 bits per heavy atom. The summed E-state index contributed by atoms with van der Waals surface area (Å²) in [5.74, 6) is -1.36. The lowest BCUT2D eigenvalue weighted by molar-refractivity contribution is 0.0850. The second kappa shape index (κ2) is 3.10. The SMILES string of the molecule is Fc1ccc(Cl)c(C2(CCl)OO2)c1. The molecule has 1 aliphatic heterocycles. The molecular formula is C8H5Cl2FO2. The second-order valence-corrected chi connectivity index (χ2v) is 3.35. The zero-order valence-electron chi connectivity index (χ0n) is 6.39. The van der Waals surface area contributed by atoms with Gasteiger partial charge >= 0.3 is 0 Å². The van der Waals surface area contributed by atoms with Crippen LogP contribution in [0, 0.1) is 5.82 Å². The Hall–Kier alpha value is -0.350. The highest BCUT2D eigenvalue weighted by Gasteiger charge is 2.51. The molecule has 0 bridgehead atoms. The molecular weight excluding hydrogens is 218 g/mol. The fraction of sp³-hybridized carbons (Fsp3) is 0.250. The Bertz CT molecular complexity index is 339. The summed E-state index contributed by atoms with van der Waals surface area (Å²) in [6.45, 7) is 0. The first-order valence-corrected chi connectivity index (χ1v) is 4.47. The van der Waals surface area contributed by atoms with E-state index in [1.807, 2.05) is 0 Å². The van der Waals surface area contributed by atoms with Crippen molar-refractivity contribution in [2.45, 2.75) is 5.79 Å². The molecule has 70 valence electrons. The molecule has 0 aromatic heterocycles. The molecule has 0 radical (unpaired) electrons. The number of rotatable bonds is 2. The van der Waals surface area contributed by atoms with E-state index >= 15 is 0 Å². The third-order valence-electron chi connectivity index (χ3n) is 1.80. The Morgan fingerprint density at radius 3 is 2.62 bits per heavy atom. The summed E-state index contributed by atoms with van der Waals surface area (Å²) in [4.78, 5) is 9.37.